The summed E-state index contributed by atoms with van der Waals surface area (Å²) in [7, 11) is 0. The van der Waals surface area contributed by atoms with E-state index in [4.69, 9.17) is 0 Å². The number of halogens is 3. The minimum atomic E-state index is -4.05. The van der Waals surface area contributed by atoms with E-state index in [1.165, 1.54) is 0 Å². The third-order valence-electron chi connectivity index (χ3n) is 1.98. The standard InChI is InChI=1S/C9H17F3O/c1-7(2)8(13)5-3-4-6-9(10,11)12/h7-8,13H,3-6H2,1-2H3. The van der Waals surface area contributed by atoms with Crippen LogP contribution in [0.3, 0.4) is 0 Å². The molecule has 0 aliphatic carbocycles. The maximum absolute atomic E-state index is 11.7. The predicted molar refractivity (Wildman–Crippen MR) is 45.4 cm³/mol. The van der Waals surface area contributed by atoms with Crippen molar-refractivity contribution in [3.05, 3.63) is 0 Å². The van der Waals surface area contributed by atoms with Crippen LogP contribution in [0.25, 0.3) is 0 Å². The van der Waals surface area contributed by atoms with E-state index in [9.17, 15) is 18.3 Å². The molecule has 1 nitrogen and oxygen atoms in total. The maximum atomic E-state index is 11.7. The lowest BCUT2D eigenvalue weighted by Gasteiger charge is -2.14. The molecule has 1 N–H and O–H groups in total. The Morgan fingerprint density at radius 2 is 1.69 bits per heavy atom. The number of rotatable bonds is 5. The van der Waals surface area contributed by atoms with Gasteiger partial charge in [0, 0.05) is 6.42 Å². The molecule has 0 rings (SSSR count). The Kier molecular flexibility index (Phi) is 5.37. The molecule has 0 saturated heterocycles. The van der Waals surface area contributed by atoms with Gasteiger partial charge in [-0.3, -0.25) is 0 Å². The molecule has 4 heteroatoms. The summed E-state index contributed by atoms with van der Waals surface area (Å²) in [5, 5.41) is 9.27. The molecule has 0 heterocycles. The van der Waals surface area contributed by atoms with Crippen LogP contribution in [0.15, 0.2) is 0 Å². The molecule has 0 saturated carbocycles. The number of aliphatic hydroxyl groups excluding tert-OH is 1. The molecule has 0 radical (unpaired) electrons. The second kappa shape index (κ2) is 5.47. The highest BCUT2D eigenvalue weighted by molar-refractivity contribution is 4.60. The molecule has 1 atom stereocenters. The van der Waals surface area contributed by atoms with Gasteiger partial charge in [0.15, 0.2) is 0 Å². The highest BCUT2D eigenvalue weighted by Gasteiger charge is 2.26. The van der Waals surface area contributed by atoms with Crippen LogP contribution in [-0.2, 0) is 0 Å². The predicted octanol–water partition coefficient (Wildman–Crippen LogP) is 3.13. The van der Waals surface area contributed by atoms with Gasteiger partial charge >= 0.3 is 6.18 Å². The number of hydrogen-bond donors (Lipinski definition) is 1. The number of aliphatic hydroxyl groups is 1. The Labute approximate surface area is 76.9 Å². The van der Waals surface area contributed by atoms with Crippen LogP contribution in [0.2, 0.25) is 0 Å². The van der Waals surface area contributed by atoms with Gasteiger partial charge in [-0.25, -0.2) is 0 Å². The van der Waals surface area contributed by atoms with E-state index in [0.29, 0.717) is 12.8 Å². The Bertz CT molecular complexity index is 131. The Balaban J connectivity index is 3.36. The van der Waals surface area contributed by atoms with Crippen molar-refractivity contribution >= 4 is 0 Å². The van der Waals surface area contributed by atoms with Gasteiger partial charge in [-0.15, -0.1) is 0 Å². The minimum absolute atomic E-state index is 0.118. The number of hydrogen-bond acceptors (Lipinski definition) is 1. The zero-order valence-electron chi connectivity index (χ0n) is 8.06. The van der Waals surface area contributed by atoms with Gasteiger partial charge < -0.3 is 5.11 Å². The summed E-state index contributed by atoms with van der Waals surface area (Å²) in [5.74, 6) is 0.130. The van der Waals surface area contributed by atoms with Crippen LogP contribution in [0.4, 0.5) is 13.2 Å². The van der Waals surface area contributed by atoms with E-state index in [1.54, 1.807) is 0 Å². The fourth-order valence-electron chi connectivity index (χ4n) is 1.01. The van der Waals surface area contributed by atoms with Gasteiger partial charge in [-0.05, 0) is 18.8 Å². The summed E-state index contributed by atoms with van der Waals surface area (Å²) in [6, 6.07) is 0. The Morgan fingerprint density at radius 3 is 2.08 bits per heavy atom. The van der Waals surface area contributed by atoms with Crippen molar-refractivity contribution in [2.45, 2.75) is 51.8 Å². The van der Waals surface area contributed by atoms with Gasteiger partial charge in [0.05, 0.1) is 6.10 Å². The lowest BCUT2D eigenvalue weighted by atomic mass is 10.0. The highest BCUT2D eigenvalue weighted by Crippen LogP contribution is 2.23. The second-order valence-corrected chi connectivity index (χ2v) is 3.67. The Hall–Kier alpha value is -0.250. The molecule has 0 aromatic carbocycles. The molecule has 1 unspecified atom stereocenters. The van der Waals surface area contributed by atoms with Crippen LogP contribution < -0.4 is 0 Å². The molecule has 0 aliphatic heterocycles. The molecule has 0 aromatic rings. The normalized spacial score (nSPS) is 15.0. The zero-order valence-corrected chi connectivity index (χ0v) is 8.06. The lowest BCUT2D eigenvalue weighted by Crippen LogP contribution is -2.14. The largest absolute Gasteiger partial charge is 0.393 e. The molecular weight excluding hydrogens is 181 g/mol. The fraction of sp³-hybridized carbons (Fsp3) is 1.00. The van der Waals surface area contributed by atoms with Crippen molar-refractivity contribution in [2.24, 2.45) is 5.92 Å². The average molecular weight is 198 g/mol. The van der Waals surface area contributed by atoms with Crippen molar-refractivity contribution in [2.75, 3.05) is 0 Å². The lowest BCUT2D eigenvalue weighted by molar-refractivity contribution is -0.135. The first-order valence-electron chi connectivity index (χ1n) is 4.57. The molecular formula is C9H17F3O. The molecule has 0 aromatic heterocycles. The van der Waals surface area contributed by atoms with Gasteiger partial charge in [0.2, 0.25) is 0 Å². The first-order chi connectivity index (χ1) is 5.83. The quantitative estimate of drug-likeness (QED) is 0.673. The third-order valence-corrected chi connectivity index (χ3v) is 1.98. The zero-order chi connectivity index (χ0) is 10.5. The van der Waals surface area contributed by atoms with Gasteiger partial charge in [-0.2, -0.15) is 13.2 Å². The average Bonchev–Trinajstić information content (AvgIpc) is 1.95. The van der Waals surface area contributed by atoms with Crippen molar-refractivity contribution in [3.8, 4) is 0 Å². The fourth-order valence-corrected chi connectivity index (χ4v) is 1.01. The first kappa shape index (κ1) is 12.8. The molecule has 0 spiro atoms. The van der Waals surface area contributed by atoms with Crippen LogP contribution >= 0.6 is 0 Å². The van der Waals surface area contributed by atoms with Crippen LogP contribution in [0, 0.1) is 5.92 Å². The molecule has 0 fully saturated rings. The van der Waals surface area contributed by atoms with Crippen LogP contribution in [0.1, 0.15) is 39.5 Å². The molecule has 13 heavy (non-hydrogen) atoms. The summed E-state index contributed by atoms with van der Waals surface area (Å²) >= 11 is 0. The van der Waals surface area contributed by atoms with E-state index in [1.807, 2.05) is 13.8 Å². The highest BCUT2D eigenvalue weighted by atomic mass is 19.4. The maximum Gasteiger partial charge on any atom is 0.389 e. The topological polar surface area (TPSA) is 20.2 Å². The molecule has 0 amide bonds. The van der Waals surface area contributed by atoms with E-state index >= 15 is 0 Å². The monoisotopic (exact) mass is 198 g/mol. The van der Waals surface area contributed by atoms with E-state index in [2.05, 4.69) is 0 Å². The molecule has 0 aliphatic rings. The van der Waals surface area contributed by atoms with Gasteiger partial charge in [-0.1, -0.05) is 20.3 Å². The summed E-state index contributed by atoms with van der Waals surface area (Å²) in [6.45, 7) is 3.71. The van der Waals surface area contributed by atoms with E-state index in [-0.39, 0.29) is 12.3 Å². The van der Waals surface area contributed by atoms with Crippen LogP contribution in [-0.4, -0.2) is 17.4 Å². The van der Waals surface area contributed by atoms with Crippen molar-refractivity contribution in [3.63, 3.8) is 0 Å². The van der Waals surface area contributed by atoms with Crippen molar-refractivity contribution < 1.29 is 18.3 Å². The van der Waals surface area contributed by atoms with E-state index < -0.39 is 18.7 Å². The van der Waals surface area contributed by atoms with Crippen molar-refractivity contribution in [1.29, 1.82) is 0 Å². The van der Waals surface area contributed by atoms with Gasteiger partial charge in [0.1, 0.15) is 0 Å². The van der Waals surface area contributed by atoms with Gasteiger partial charge in [0.25, 0.3) is 0 Å². The smallest absolute Gasteiger partial charge is 0.389 e. The van der Waals surface area contributed by atoms with Crippen LogP contribution in [0.5, 0.6) is 0 Å². The third kappa shape index (κ3) is 8.09. The SMILES string of the molecule is CC(C)C(O)CCCCC(F)(F)F. The summed E-state index contributed by atoms with van der Waals surface area (Å²) in [4.78, 5) is 0. The molecule has 80 valence electrons. The number of unbranched alkanes of at least 4 members (excludes halogenated alkanes) is 1. The summed E-state index contributed by atoms with van der Waals surface area (Å²) in [6.07, 6.45) is -4.23. The van der Waals surface area contributed by atoms with Crippen molar-refractivity contribution in [1.82, 2.24) is 0 Å². The first-order valence-corrected chi connectivity index (χ1v) is 4.57. The second-order valence-electron chi connectivity index (χ2n) is 3.67. The Morgan fingerprint density at radius 1 is 1.15 bits per heavy atom. The summed E-state index contributed by atoms with van der Waals surface area (Å²) < 4.78 is 35.0. The molecule has 0 bridgehead atoms. The number of alkyl halides is 3. The minimum Gasteiger partial charge on any atom is -0.393 e. The summed E-state index contributed by atoms with van der Waals surface area (Å²) in [5.41, 5.74) is 0. The van der Waals surface area contributed by atoms with E-state index in [0.717, 1.165) is 0 Å².